The summed E-state index contributed by atoms with van der Waals surface area (Å²) in [6, 6.07) is 0.227. The minimum absolute atomic E-state index is 0.200. The van der Waals surface area contributed by atoms with E-state index in [-0.39, 0.29) is 23.1 Å². The molecule has 0 radical (unpaired) electrons. The first-order chi connectivity index (χ1) is 12.7. The number of carbonyl (C=O) groups is 1. The molecule has 0 bridgehead atoms. The lowest BCUT2D eigenvalue weighted by atomic mass is 10.0. The van der Waals surface area contributed by atoms with Crippen LogP contribution in [0.3, 0.4) is 0 Å². The van der Waals surface area contributed by atoms with Gasteiger partial charge in [-0.25, -0.2) is 0 Å². The molecule has 1 rings (SSSR count). The fourth-order valence-corrected chi connectivity index (χ4v) is 5.04. The average molecular weight is 398 g/mol. The fourth-order valence-electron chi connectivity index (χ4n) is 3.65. The van der Waals surface area contributed by atoms with Crippen LogP contribution in [0.1, 0.15) is 111 Å². The summed E-state index contributed by atoms with van der Waals surface area (Å²) >= 11 is 0. The zero-order chi connectivity index (χ0) is 20.3. The lowest BCUT2D eigenvalue weighted by molar-refractivity contribution is -0.119. The quantitative estimate of drug-likeness (QED) is 0.254. The Hall–Kier alpha value is -0.353. The molecule has 4 heteroatoms. The Balaban J connectivity index is 2.32. The standard InChI is InChI=1S/C23H47NO2Si/c1-7-8-9-10-11-12-13-14-15-16-17-21(20-18-19-22(25)24-20)26-27(5,6)23(2,3)4/h20-21H,7-19H2,1-6H3,(H,24,25)/t20-,21-/m1/s1. The summed E-state index contributed by atoms with van der Waals surface area (Å²) in [5.41, 5.74) is 0. The predicted octanol–water partition coefficient (Wildman–Crippen LogP) is 6.97. The van der Waals surface area contributed by atoms with E-state index in [0.717, 1.165) is 12.8 Å². The maximum atomic E-state index is 11.7. The zero-order valence-corrected chi connectivity index (χ0v) is 20.2. The molecule has 1 fully saturated rings. The van der Waals surface area contributed by atoms with Gasteiger partial charge in [-0.1, -0.05) is 91.9 Å². The van der Waals surface area contributed by atoms with Crippen LogP contribution < -0.4 is 5.32 Å². The summed E-state index contributed by atoms with van der Waals surface area (Å²) in [6.45, 7) is 13.8. The minimum Gasteiger partial charge on any atom is -0.412 e. The second kappa shape index (κ2) is 12.3. The molecule has 1 saturated heterocycles. The Morgan fingerprint density at radius 3 is 1.96 bits per heavy atom. The highest BCUT2D eigenvalue weighted by Crippen LogP contribution is 2.38. The number of amides is 1. The van der Waals surface area contributed by atoms with E-state index in [2.05, 4.69) is 46.1 Å². The van der Waals surface area contributed by atoms with E-state index in [9.17, 15) is 4.79 Å². The number of carbonyl (C=O) groups excluding carboxylic acids is 1. The van der Waals surface area contributed by atoms with E-state index >= 15 is 0 Å². The van der Waals surface area contributed by atoms with E-state index in [1.54, 1.807) is 0 Å². The number of hydrogen-bond acceptors (Lipinski definition) is 2. The third-order valence-corrected chi connectivity index (χ3v) is 11.1. The summed E-state index contributed by atoms with van der Waals surface area (Å²) in [5.74, 6) is 0.201. The predicted molar refractivity (Wildman–Crippen MR) is 120 cm³/mol. The van der Waals surface area contributed by atoms with Gasteiger partial charge in [0.25, 0.3) is 0 Å². The molecule has 0 aromatic carbocycles. The molecule has 2 atom stereocenters. The van der Waals surface area contributed by atoms with Crippen LogP contribution >= 0.6 is 0 Å². The third kappa shape index (κ3) is 9.60. The topological polar surface area (TPSA) is 38.3 Å². The molecular formula is C23H47NO2Si. The number of rotatable bonds is 14. The van der Waals surface area contributed by atoms with Crippen molar-refractivity contribution in [2.45, 2.75) is 141 Å². The smallest absolute Gasteiger partial charge is 0.220 e. The molecule has 1 aliphatic heterocycles. The summed E-state index contributed by atoms with van der Waals surface area (Å²) in [6.07, 6.45) is 16.5. The molecule has 1 heterocycles. The largest absolute Gasteiger partial charge is 0.412 e. The molecular weight excluding hydrogens is 350 g/mol. The minimum atomic E-state index is -1.81. The van der Waals surface area contributed by atoms with E-state index in [1.165, 1.54) is 64.2 Å². The molecule has 0 spiro atoms. The van der Waals surface area contributed by atoms with Gasteiger partial charge in [-0.3, -0.25) is 4.79 Å². The van der Waals surface area contributed by atoms with Gasteiger partial charge in [0.1, 0.15) is 0 Å². The molecule has 0 aromatic rings. The first-order valence-corrected chi connectivity index (χ1v) is 14.6. The van der Waals surface area contributed by atoms with Gasteiger partial charge < -0.3 is 9.74 Å². The second-order valence-electron chi connectivity index (χ2n) is 10.1. The van der Waals surface area contributed by atoms with Crippen LogP contribution in [0, 0.1) is 0 Å². The Labute approximate surface area is 170 Å². The maximum absolute atomic E-state index is 11.7. The summed E-state index contributed by atoms with van der Waals surface area (Å²) < 4.78 is 6.74. The van der Waals surface area contributed by atoms with Gasteiger partial charge in [-0.05, 0) is 31.0 Å². The molecule has 3 nitrogen and oxygen atoms in total. The van der Waals surface area contributed by atoms with Gasteiger partial charge >= 0.3 is 0 Å². The molecule has 0 aliphatic carbocycles. The monoisotopic (exact) mass is 397 g/mol. The van der Waals surface area contributed by atoms with Crippen molar-refractivity contribution in [2.24, 2.45) is 0 Å². The van der Waals surface area contributed by atoms with Crippen molar-refractivity contribution in [3.8, 4) is 0 Å². The molecule has 1 aliphatic rings. The highest BCUT2D eigenvalue weighted by atomic mass is 28.4. The molecule has 160 valence electrons. The summed E-state index contributed by atoms with van der Waals surface area (Å²) in [5, 5.41) is 3.39. The molecule has 1 N–H and O–H groups in total. The average Bonchev–Trinajstić information content (AvgIpc) is 3.00. The van der Waals surface area contributed by atoms with Crippen LogP contribution in [-0.4, -0.2) is 26.4 Å². The number of nitrogens with one attached hydrogen (secondary N) is 1. The van der Waals surface area contributed by atoms with Gasteiger partial charge in [-0.15, -0.1) is 0 Å². The van der Waals surface area contributed by atoms with Gasteiger partial charge in [-0.2, -0.15) is 0 Å². The van der Waals surface area contributed by atoms with Gasteiger partial charge in [0.15, 0.2) is 8.32 Å². The van der Waals surface area contributed by atoms with Crippen molar-refractivity contribution in [1.82, 2.24) is 5.32 Å². The lowest BCUT2D eigenvalue weighted by Gasteiger charge is -2.41. The number of unbranched alkanes of at least 4 members (excludes halogenated alkanes) is 9. The maximum Gasteiger partial charge on any atom is 0.220 e. The van der Waals surface area contributed by atoms with Crippen LogP contribution in [-0.2, 0) is 9.22 Å². The Kier molecular flexibility index (Phi) is 11.2. The van der Waals surface area contributed by atoms with E-state index in [1.807, 2.05) is 0 Å². The van der Waals surface area contributed by atoms with Crippen LogP contribution in [0.25, 0.3) is 0 Å². The third-order valence-electron chi connectivity index (χ3n) is 6.57. The van der Waals surface area contributed by atoms with Crippen molar-refractivity contribution >= 4 is 14.2 Å². The van der Waals surface area contributed by atoms with Crippen molar-refractivity contribution in [3.63, 3.8) is 0 Å². The molecule has 0 aromatic heterocycles. The number of hydrogen-bond donors (Lipinski definition) is 1. The summed E-state index contributed by atoms with van der Waals surface area (Å²) in [4.78, 5) is 11.7. The Bertz CT molecular complexity index is 417. The van der Waals surface area contributed by atoms with E-state index < -0.39 is 8.32 Å². The summed E-state index contributed by atoms with van der Waals surface area (Å²) in [7, 11) is -1.81. The van der Waals surface area contributed by atoms with Crippen LogP contribution in [0.4, 0.5) is 0 Å². The van der Waals surface area contributed by atoms with Crippen molar-refractivity contribution < 1.29 is 9.22 Å². The van der Waals surface area contributed by atoms with Crippen LogP contribution in [0.15, 0.2) is 0 Å². The second-order valence-corrected chi connectivity index (χ2v) is 14.9. The van der Waals surface area contributed by atoms with Gasteiger partial charge in [0.2, 0.25) is 5.91 Å². The Morgan fingerprint density at radius 1 is 1.00 bits per heavy atom. The van der Waals surface area contributed by atoms with Crippen molar-refractivity contribution in [3.05, 3.63) is 0 Å². The molecule has 1 amide bonds. The molecule has 0 saturated carbocycles. The van der Waals surface area contributed by atoms with Gasteiger partial charge in [0, 0.05) is 6.42 Å². The highest BCUT2D eigenvalue weighted by molar-refractivity contribution is 6.74. The lowest BCUT2D eigenvalue weighted by Crippen LogP contribution is -2.49. The highest BCUT2D eigenvalue weighted by Gasteiger charge is 2.41. The van der Waals surface area contributed by atoms with Crippen LogP contribution in [0.5, 0.6) is 0 Å². The van der Waals surface area contributed by atoms with Crippen LogP contribution in [0.2, 0.25) is 18.1 Å². The van der Waals surface area contributed by atoms with Crippen molar-refractivity contribution in [1.29, 1.82) is 0 Å². The van der Waals surface area contributed by atoms with E-state index in [0.29, 0.717) is 6.42 Å². The normalized spacial score (nSPS) is 19.3. The molecule has 0 unspecified atom stereocenters. The van der Waals surface area contributed by atoms with Gasteiger partial charge in [0.05, 0.1) is 12.1 Å². The first-order valence-electron chi connectivity index (χ1n) is 11.6. The first kappa shape index (κ1) is 24.7. The van der Waals surface area contributed by atoms with Crippen molar-refractivity contribution in [2.75, 3.05) is 0 Å². The Morgan fingerprint density at radius 2 is 1.52 bits per heavy atom. The van der Waals surface area contributed by atoms with E-state index in [4.69, 9.17) is 4.43 Å². The molecule has 27 heavy (non-hydrogen) atoms. The zero-order valence-electron chi connectivity index (χ0n) is 19.2. The SMILES string of the molecule is CCCCCCCCCCCC[C@@H](O[Si](C)(C)C(C)(C)C)[C@H]1CCC(=O)N1. The fraction of sp³-hybridized carbons (Fsp3) is 0.957.